The number of imidazole rings is 1. The van der Waals surface area contributed by atoms with Crippen LogP contribution >= 0.6 is 35.2 Å². The summed E-state index contributed by atoms with van der Waals surface area (Å²) in [5.41, 5.74) is 4.29. The van der Waals surface area contributed by atoms with E-state index < -0.39 is 84.6 Å². The molecule has 1 fully saturated rings. The molecule has 10 atom stereocenters. The summed E-state index contributed by atoms with van der Waals surface area (Å²) in [7, 11) is -16.4. The summed E-state index contributed by atoms with van der Waals surface area (Å²) in [5, 5.41) is 26.7. The first-order valence-electron chi connectivity index (χ1n) is 23.1. The Balaban J connectivity index is 1.33. The molecule has 3 rings (SSSR count). The topological polar surface area (TPSA) is 364 Å². The second-order valence-corrected chi connectivity index (χ2v) is 24.4. The van der Waals surface area contributed by atoms with E-state index in [4.69, 9.17) is 19.5 Å². The Hall–Kier alpha value is -2.44. The SMILES string of the molecule is CC(C)CCC[C@@H](C)CCC[C@@H](C)CCC[C@@H](C)CC(=O)SCCNC(=O)CCNC(=O)[C@H](O)C(C)(C)COP(=O)(O)OP(=O)(O)OC[C@H]1O[C@@H](n2cnc3c(N)ncnc32)[C@@H](O)[C@H]1OP(=O)(O)O. The number of hydrogen-bond acceptors (Lipinski definition) is 18. The van der Waals surface area contributed by atoms with Crippen molar-refractivity contribution in [2.45, 2.75) is 150 Å². The number of nitrogens with one attached hydrogen (secondary N) is 2. The molecule has 0 radical (unpaired) electrons. The van der Waals surface area contributed by atoms with Crippen LogP contribution in [0.4, 0.5) is 5.82 Å². The zero-order valence-corrected chi connectivity index (χ0v) is 44.0. The van der Waals surface area contributed by atoms with Gasteiger partial charge in [-0.25, -0.2) is 28.6 Å². The van der Waals surface area contributed by atoms with Crippen LogP contribution in [0.15, 0.2) is 12.7 Å². The van der Waals surface area contributed by atoms with Gasteiger partial charge in [0.15, 0.2) is 22.8 Å². The summed E-state index contributed by atoms with van der Waals surface area (Å²) in [6, 6.07) is 0. The minimum atomic E-state index is -5.58. The average Bonchev–Trinajstić information content (AvgIpc) is 3.80. The van der Waals surface area contributed by atoms with Gasteiger partial charge in [0.25, 0.3) is 0 Å². The van der Waals surface area contributed by atoms with Crippen LogP contribution in [0, 0.1) is 29.1 Å². The fraction of sp³-hybridized carbons (Fsp3) is 0.805. The number of rotatable bonds is 33. The number of phosphoric ester groups is 3. The third-order valence-electron chi connectivity index (χ3n) is 11.5. The van der Waals surface area contributed by atoms with Crippen molar-refractivity contribution in [3.63, 3.8) is 0 Å². The van der Waals surface area contributed by atoms with Crippen molar-refractivity contribution >= 4 is 69.1 Å². The maximum atomic E-state index is 12.8. The number of thioether (sulfide) groups is 1. The Morgan fingerprint density at radius 3 is 2.07 bits per heavy atom. The quantitative estimate of drug-likeness (QED) is 0.0330. The Morgan fingerprint density at radius 2 is 1.46 bits per heavy atom. The lowest BCUT2D eigenvalue weighted by molar-refractivity contribution is -0.137. The van der Waals surface area contributed by atoms with Crippen LogP contribution in [0.3, 0.4) is 0 Å². The Bertz CT molecular complexity index is 2100. The lowest BCUT2D eigenvalue weighted by Gasteiger charge is -2.30. The van der Waals surface area contributed by atoms with Gasteiger partial charge in [0, 0.05) is 37.1 Å². The van der Waals surface area contributed by atoms with Crippen LogP contribution in [-0.4, -0.2) is 123 Å². The minimum Gasteiger partial charge on any atom is -0.386 e. The first kappa shape index (κ1) is 60.9. The third kappa shape index (κ3) is 22.1. The van der Waals surface area contributed by atoms with Crippen molar-refractivity contribution in [2.24, 2.45) is 29.1 Å². The number of nitrogen functional groups attached to an aromatic ring is 1. The van der Waals surface area contributed by atoms with E-state index in [1.54, 1.807) is 0 Å². The van der Waals surface area contributed by atoms with Gasteiger partial charge in [0.05, 0.1) is 19.5 Å². The lowest BCUT2D eigenvalue weighted by Crippen LogP contribution is -2.46. The van der Waals surface area contributed by atoms with Crippen molar-refractivity contribution in [2.75, 3.05) is 37.8 Å². The van der Waals surface area contributed by atoms with E-state index in [2.05, 4.69) is 69.0 Å². The number of phosphoric acid groups is 3. The average molecular weight is 1060 g/mol. The molecule has 1 saturated heterocycles. The summed E-state index contributed by atoms with van der Waals surface area (Å²) in [4.78, 5) is 88.9. The van der Waals surface area contributed by atoms with E-state index in [0.717, 1.165) is 60.1 Å². The highest BCUT2D eigenvalue weighted by Crippen LogP contribution is 2.61. The molecule has 2 aromatic heterocycles. The molecule has 0 saturated carbocycles. The fourth-order valence-electron chi connectivity index (χ4n) is 7.53. The van der Waals surface area contributed by atoms with Gasteiger partial charge in [0.1, 0.15) is 36.3 Å². The maximum absolute atomic E-state index is 12.8. The number of carbonyl (C=O) groups is 3. The predicted octanol–water partition coefficient (Wildman–Crippen LogP) is 5.13. The van der Waals surface area contributed by atoms with E-state index in [-0.39, 0.29) is 47.5 Å². The third-order valence-corrected chi connectivity index (χ3v) is 15.5. The highest BCUT2D eigenvalue weighted by molar-refractivity contribution is 8.13. The molecule has 3 heterocycles. The normalized spacial score (nSPS) is 21.4. The summed E-state index contributed by atoms with van der Waals surface area (Å²) >= 11 is 1.16. The van der Waals surface area contributed by atoms with Crippen molar-refractivity contribution in [1.82, 2.24) is 30.2 Å². The molecule has 0 aromatic carbocycles. The number of aliphatic hydroxyl groups excluding tert-OH is 2. The molecule has 24 nitrogen and oxygen atoms in total. The summed E-state index contributed by atoms with van der Waals surface area (Å²) in [5.74, 6) is 1.45. The van der Waals surface area contributed by atoms with Gasteiger partial charge in [0.2, 0.25) is 11.8 Å². The van der Waals surface area contributed by atoms with Crippen molar-refractivity contribution < 1.29 is 80.5 Å². The molecule has 1 aliphatic heterocycles. The van der Waals surface area contributed by atoms with E-state index in [9.17, 15) is 57.9 Å². The zero-order valence-electron chi connectivity index (χ0n) is 40.5. The second-order valence-electron chi connectivity index (χ2n) is 19.0. The lowest BCUT2D eigenvalue weighted by atomic mass is 9.87. The van der Waals surface area contributed by atoms with Gasteiger partial charge >= 0.3 is 23.5 Å². The largest absolute Gasteiger partial charge is 0.481 e. The fourth-order valence-corrected chi connectivity index (χ4v) is 11.2. The van der Waals surface area contributed by atoms with Crippen LogP contribution in [0.5, 0.6) is 0 Å². The number of aliphatic hydroxyl groups is 2. The van der Waals surface area contributed by atoms with Gasteiger partial charge < -0.3 is 50.9 Å². The van der Waals surface area contributed by atoms with Crippen LogP contribution in [0.2, 0.25) is 0 Å². The highest BCUT2D eigenvalue weighted by atomic mass is 32.2. The number of hydrogen-bond donors (Lipinski definition) is 9. The number of fused-ring (bicyclic) bond motifs is 1. The number of ether oxygens (including phenoxy) is 1. The highest BCUT2D eigenvalue weighted by Gasteiger charge is 2.50. The zero-order chi connectivity index (χ0) is 51.7. The van der Waals surface area contributed by atoms with Gasteiger partial charge in [-0.1, -0.05) is 118 Å². The molecule has 0 bridgehead atoms. The second kappa shape index (κ2) is 28.1. The van der Waals surface area contributed by atoms with Crippen LogP contribution in [0.1, 0.15) is 125 Å². The Morgan fingerprint density at radius 1 is 0.870 bits per heavy atom. The molecule has 69 heavy (non-hydrogen) atoms. The molecule has 1 aliphatic rings. The molecular formula is C41H74N7O17P3S. The predicted molar refractivity (Wildman–Crippen MR) is 256 cm³/mol. The van der Waals surface area contributed by atoms with Crippen LogP contribution in [0.25, 0.3) is 11.2 Å². The van der Waals surface area contributed by atoms with Gasteiger partial charge in [-0.05, 0) is 23.7 Å². The van der Waals surface area contributed by atoms with Crippen molar-refractivity contribution in [1.29, 1.82) is 0 Å². The standard InChI is InChI=1S/C41H74N7O17P3S/c1-26(2)11-8-12-27(3)13-9-14-28(4)15-10-16-29(5)21-32(50)69-20-19-43-31(49)17-18-44-39(53)36(52)41(6,7)23-62-68(59,60)65-67(57,58)61-22-30-35(64-66(54,55)56)34(51)40(63-30)48-25-47-33-37(42)45-24-46-38(33)48/h24-30,34-36,40,51-52H,8-23H2,1-7H3,(H,43,49)(H,44,53)(H,57,58)(H,59,60)(H2,42,45,46)(H2,54,55,56)/t27-,28-,29-,30-,34+,35+,36+,40-/m1/s1. The minimum absolute atomic E-state index is 0.0332. The molecule has 396 valence electrons. The van der Waals surface area contributed by atoms with Crippen LogP contribution < -0.4 is 16.4 Å². The van der Waals surface area contributed by atoms with Crippen molar-refractivity contribution in [3.05, 3.63) is 12.7 Å². The molecule has 2 amide bonds. The summed E-state index contributed by atoms with van der Waals surface area (Å²) in [6.07, 6.45) is 4.52. The molecule has 2 unspecified atom stereocenters. The van der Waals surface area contributed by atoms with E-state index in [1.807, 2.05) is 0 Å². The maximum Gasteiger partial charge on any atom is 0.481 e. The summed E-state index contributed by atoms with van der Waals surface area (Å²) in [6.45, 7) is 11.9. The van der Waals surface area contributed by atoms with E-state index in [1.165, 1.54) is 52.4 Å². The number of nitrogens with zero attached hydrogens (tertiary/aromatic N) is 4. The number of carbonyl (C=O) groups excluding carboxylic acids is 3. The number of nitrogens with two attached hydrogens (primary N) is 1. The molecule has 0 spiro atoms. The number of amides is 2. The van der Waals surface area contributed by atoms with Gasteiger partial charge in [-0.15, -0.1) is 0 Å². The molecule has 2 aromatic rings. The summed E-state index contributed by atoms with van der Waals surface area (Å²) < 4.78 is 62.5. The molecular weight excluding hydrogens is 987 g/mol. The van der Waals surface area contributed by atoms with E-state index in [0.29, 0.717) is 18.1 Å². The molecule has 28 heteroatoms. The first-order chi connectivity index (χ1) is 32.1. The van der Waals surface area contributed by atoms with Gasteiger partial charge in [-0.3, -0.25) is 32.5 Å². The van der Waals surface area contributed by atoms with Crippen molar-refractivity contribution in [3.8, 4) is 0 Å². The number of aromatic nitrogens is 4. The number of anilines is 1. The Kier molecular flexibility index (Phi) is 24.8. The van der Waals surface area contributed by atoms with E-state index >= 15 is 0 Å². The molecule has 0 aliphatic carbocycles. The van der Waals surface area contributed by atoms with Crippen LogP contribution in [-0.2, 0) is 50.7 Å². The monoisotopic (exact) mass is 1060 g/mol. The molecule has 10 N–H and O–H groups in total. The smallest absolute Gasteiger partial charge is 0.386 e. The van der Waals surface area contributed by atoms with Gasteiger partial charge in [-0.2, -0.15) is 4.31 Å². The first-order valence-corrected chi connectivity index (χ1v) is 28.6. The Labute approximate surface area is 407 Å².